The van der Waals surface area contributed by atoms with E-state index in [0.717, 1.165) is 22.0 Å². The second-order valence-corrected chi connectivity index (χ2v) is 10.3. The number of benzene rings is 2. The quantitative estimate of drug-likeness (QED) is 0.415. The van der Waals surface area contributed by atoms with Crippen molar-refractivity contribution in [3.8, 4) is 0 Å². The fourth-order valence-electron chi connectivity index (χ4n) is 4.60. The largest absolute Gasteiger partial charge is 0.393 e. The molecule has 1 unspecified atom stereocenters. The molecule has 0 radical (unpaired) electrons. The highest BCUT2D eigenvalue weighted by Gasteiger charge is 2.57. The zero-order valence-corrected chi connectivity index (χ0v) is 20.7. The summed E-state index contributed by atoms with van der Waals surface area (Å²) in [6.07, 6.45) is 3.95. The van der Waals surface area contributed by atoms with Crippen LogP contribution in [0.25, 0.3) is 0 Å². The van der Waals surface area contributed by atoms with Crippen LogP contribution in [-0.2, 0) is 17.0 Å². The van der Waals surface area contributed by atoms with E-state index in [0.29, 0.717) is 34.1 Å². The predicted molar refractivity (Wildman–Crippen MR) is 130 cm³/mol. The Morgan fingerprint density at radius 1 is 1.06 bits per heavy atom. The minimum absolute atomic E-state index is 0.130. The number of rotatable bonds is 6. The molecule has 170 valence electrons. The van der Waals surface area contributed by atoms with E-state index in [9.17, 15) is 9.90 Å². The number of ether oxygens (including phenoxy) is 1. The number of aromatic nitrogens is 1. The maximum Gasteiger partial charge on any atom is 0.257 e. The summed E-state index contributed by atoms with van der Waals surface area (Å²) in [5.74, 6) is -0.176. The molecule has 1 saturated carbocycles. The lowest BCUT2D eigenvalue weighted by molar-refractivity contribution is -0.238. The minimum atomic E-state index is -1.25. The first kappa shape index (κ1) is 22.8. The number of carbonyl (C=O) groups excluding carboxylic acids is 1. The maximum absolute atomic E-state index is 13.8. The Hall–Kier alpha value is -1.96. The van der Waals surface area contributed by atoms with Crippen LogP contribution in [0.5, 0.6) is 0 Å². The second-order valence-electron chi connectivity index (χ2n) is 8.50. The summed E-state index contributed by atoms with van der Waals surface area (Å²) < 4.78 is 7.68. The van der Waals surface area contributed by atoms with E-state index in [1.54, 1.807) is 35.4 Å². The number of aliphatic hydroxyl groups is 1. The Morgan fingerprint density at radius 2 is 1.79 bits per heavy atom. The molecular weight excluding hydrogens is 527 g/mol. The van der Waals surface area contributed by atoms with Crippen molar-refractivity contribution < 1.29 is 14.6 Å². The second kappa shape index (κ2) is 8.67. The van der Waals surface area contributed by atoms with Gasteiger partial charge in [0.2, 0.25) is 0 Å². The van der Waals surface area contributed by atoms with Gasteiger partial charge in [-0.3, -0.25) is 14.7 Å². The molecule has 2 aromatic carbocycles. The van der Waals surface area contributed by atoms with E-state index in [4.69, 9.17) is 27.9 Å². The average molecular weight is 548 g/mol. The SMILES string of the molecule is O=C1c2cc(Br)ccc2C(OC2(CO)CCC2)(c2ccc(Cl)cc2)N1Cc1ccc(Cl)cn1. The number of pyridine rings is 1. The molecule has 5 rings (SSSR count). The zero-order valence-electron chi connectivity index (χ0n) is 17.6. The summed E-state index contributed by atoms with van der Waals surface area (Å²) >= 11 is 15.7. The topological polar surface area (TPSA) is 62.7 Å². The lowest BCUT2D eigenvalue weighted by Crippen LogP contribution is -2.56. The first-order valence-corrected chi connectivity index (χ1v) is 12.2. The number of nitrogens with zero attached hydrogens (tertiary/aromatic N) is 2. The molecule has 0 saturated heterocycles. The van der Waals surface area contributed by atoms with Gasteiger partial charge < -0.3 is 9.84 Å². The van der Waals surface area contributed by atoms with Crippen molar-refractivity contribution >= 4 is 45.0 Å². The van der Waals surface area contributed by atoms with Gasteiger partial charge in [0, 0.05) is 32.4 Å². The summed E-state index contributed by atoms with van der Waals surface area (Å²) in [5.41, 5.74) is 0.721. The molecule has 2 heterocycles. The molecule has 33 heavy (non-hydrogen) atoms. The summed E-state index contributed by atoms with van der Waals surface area (Å²) in [7, 11) is 0. The Labute approximate surface area is 210 Å². The molecule has 2 aliphatic rings. The van der Waals surface area contributed by atoms with Crippen LogP contribution in [0.3, 0.4) is 0 Å². The number of fused-ring (bicyclic) bond motifs is 1. The Morgan fingerprint density at radius 3 is 2.39 bits per heavy atom. The van der Waals surface area contributed by atoms with Crippen molar-refractivity contribution in [2.24, 2.45) is 0 Å². The molecule has 1 amide bonds. The fraction of sp³-hybridized carbons (Fsp3) is 0.280. The van der Waals surface area contributed by atoms with Crippen LogP contribution in [0.1, 0.15) is 46.4 Å². The molecule has 1 N–H and O–H groups in total. The van der Waals surface area contributed by atoms with Gasteiger partial charge in [0.1, 0.15) is 0 Å². The summed E-state index contributed by atoms with van der Waals surface area (Å²) in [5, 5.41) is 11.4. The van der Waals surface area contributed by atoms with Crippen molar-refractivity contribution in [3.63, 3.8) is 0 Å². The third kappa shape index (κ3) is 3.88. The van der Waals surface area contributed by atoms with Crippen LogP contribution in [0.2, 0.25) is 10.0 Å². The van der Waals surface area contributed by atoms with Gasteiger partial charge in [-0.15, -0.1) is 0 Å². The highest BCUT2D eigenvalue weighted by Crippen LogP contribution is 2.52. The molecule has 1 fully saturated rings. The van der Waals surface area contributed by atoms with Gasteiger partial charge in [0.25, 0.3) is 5.91 Å². The monoisotopic (exact) mass is 546 g/mol. The lowest BCUT2D eigenvalue weighted by Gasteiger charge is -2.50. The number of carbonyl (C=O) groups is 1. The van der Waals surface area contributed by atoms with Gasteiger partial charge in [-0.25, -0.2) is 0 Å². The maximum atomic E-state index is 13.8. The molecule has 1 aliphatic heterocycles. The third-order valence-corrected chi connectivity index (χ3v) is 7.43. The standard InChI is InChI=1S/C25H21BrCl2N2O3/c26-17-4-9-22-21(12-17)23(32)30(14-20-8-7-19(28)13-29-20)25(22,16-2-5-18(27)6-3-16)33-24(15-31)10-1-11-24/h2-9,12-13,31H,1,10-11,14-15H2. The highest BCUT2D eigenvalue weighted by atomic mass is 79.9. The molecular formula is C25H21BrCl2N2O3. The van der Waals surface area contributed by atoms with Gasteiger partial charge in [-0.05, 0) is 55.7 Å². The number of aliphatic hydroxyl groups excluding tert-OH is 1. The number of hydrogen-bond donors (Lipinski definition) is 1. The fourth-order valence-corrected chi connectivity index (χ4v) is 5.20. The van der Waals surface area contributed by atoms with E-state index in [-0.39, 0.29) is 19.1 Å². The molecule has 5 nitrogen and oxygen atoms in total. The van der Waals surface area contributed by atoms with Crippen molar-refractivity contribution in [1.82, 2.24) is 9.88 Å². The molecule has 1 aromatic heterocycles. The normalized spacial score (nSPS) is 21.1. The predicted octanol–water partition coefficient (Wildman–Crippen LogP) is 5.94. The van der Waals surface area contributed by atoms with E-state index in [2.05, 4.69) is 20.9 Å². The smallest absolute Gasteiger partial charge is 0.257 e. The lowest BCUT2D eigenvalue weighted by atomic mass is 9.79. The van der Waals surface area contributed by atoms with Crippen LogP contribution in [0, 0.1) is 0 Å². The number of hydrogen-bond acceptors (Lipinski definition) is 4. The average Bonchev–Trinajstić information content (AvgIpc) is 3.01. The highest BCUT2D eigenvalue weighted by molar-refractivity contribution is 9.10. The van der Waals surface area contributed by atoms with Crippen molar-refractivity contribution in [2.45, 2.75) is 37.1 Å². The minimum Gasteiger partial charge on any atom is -0.393 e. The Balaban J connectivity index is 1.73. The summed E-state index contributed by atoms with van der Waals surface area (Å²) in [6, 6.07) is 16.5. The van der Waals surface area contributed by atoms with Crippen LogP contribution in [-0.4, -0.2) is 33.1 Å². The van der Waals surface area contributed by atoms with E-state index in [1.165, 1.54) is 0 Å². The van der Waals surface area contributed by atoms with E-state index < -0.39 is 11.3 Å². The van der Waals surface area contributed by atoms with Crippen LogP contribution < -0.4 is 0 Å². The van der Waals surface area contributed by atoms with Crippen molar-refractivity contribution in [1.29, 1.82) is 0 Å². The summed E-state index contributed by atoms with van der Waals surface area (Å²) in [6.45, 7) is 0.0713. The first-order valence-electron chi connectivity index (χ1n) is 10.7. The van der Waals surface area contributed by atoms with E-state index in [1.807, 2.05) is 30.3 Å². The van der Waals surface area contributed by atoms with Crippen LogP contribution >= 0.6 is 39.1 Å². The molecule has 3 aromatic rings. The van der Waals surface area contributed by atoms with Gasteiger partial charge in [-0.2, -0.15) is 0 Å². The summed E-state index contributed by atoms with van der Waals surface area (Å²) in [4.78, 5) is 20.0. The van der Waals surface area contributed by atoms with Gasteiger partial charge in [0.15, 0.2) is 5.72 Å². The third-order valence-electron chi connectivity index (χ3n) is 6.46. The first-order chi connectivity index (χ1) is 15.9. The molecule has 8 heteroatoms. The number of halogens is 3. The Kier molecular flexibility index (Phi) is 6.00. The molecule has 1 aliphatic carbocycles. The van der Waals surface area contributed by atoms with Gasteiger partial charge >= 0.3 is 0 Å². The van der Waals surface area contributed by atoms with E-state index >= 15 is 0 Å². The van der Waals surface area contributed by atoms with Gasteiger partial charge in [0.05, 0.1) is 29.5 Å². The molecule has 1 atom stereocenters. The van der Waals surface area contributed by atoms with Crippen LogP contribution in [0.15, 0.2) is 65.3 Å². The van der Waals surface area contributed by atoms with Crippen LogP contribution in [0.4, 0.5) is 0 Å². The molecule has 0 bridgehead atoms. The Bertz CT molecular complexity index is 1190. The zero-order chi connectivity index (χ0) is 23.2. The number of amides is 1. The van der Waals surface area contributed by atoms with Crippen molar-refractivity contribution in [3.05, 3.63) is 97.7 Å². The molecule has 0 spiro atoms. The van der Waals surface area contributed by atoms with Crippen molar-refractivity contribution in [2.75, 3.05) is 6.61 Å². The van der Waals surface area contributed by atoms with Gasteiger partial charge in [-0.1, -0.05) is 57.3 Å².